The molecule has 0 spiro atoms. The lowest BCUT2D eigenvalue weighted by atomic mass is 9.85. The Morgan fingerprint density at radius 1 is 0.867 bits per heavy atom. The first-order valence-corrected chi connectivity index (χ1v) is 6.49. The molecule has 0 aromatic heterocycles. The number of carbonyl (C=O) groups excluding carboxylic acids is 1. The van der Waals surface area contributed by atoms with Gasteiger partial charge in [0.05, 0.1) is 6.61 Å². The summed E-state index contributed by atoms with van der Waals surface area (Å²) in [5.74, 6) is 1.10. The zero-order valence-corrected chi connectivity index (χ0v) is 9.54. The van der Waals surface area contributed by atoms with Crippen molar-refractivity contribution in [3.63, 3.8) is 0 Å². The molecule has 2 fully saturated rings. The minimum absolute atomic E-state index is 0.224. The van der Waals surface area contributed by atoms with Crippen molar-refractivity contribution < 1.29 is 9.53 Å². The highest BCUT2D eigenvalue weighted by Crippen LogP contribution is 2.28. The Kier molecular flexibility index (Phi) is 4.18. The Hall–Kier alpha value is -0.370. The minimum atomic E-state index is 0.224. The van der Waals surface area contributed by atoms with Crippen LogP contribution in [-0.2, 0) is 9.53 Å². The number of Topliss-reactive ketones (excluding diaryl/α,β-unsaturated/α-hetero) is 1. The summed E-state index contributed by atoms with van der Waals surface area (Å²) in [7, 11) is 0. The lowest BCUT2D eigenvalue weighted by Crippen LogP contribution is -2.30. The summed E-state index contributed by atoms with van der Waals surface area (Å²) >= 11 is 0. The van der Waals surface area contributed by atoms with E-state index in [-0.39, 0.29) is 5.92 Å². The molecule has 1 aliphatic heterocycles. The summed E-state index contributed by atoms with van der Waals surface area (Å²) in [6, 6.07) is 0. The van der Waals surface area contributed by atoms with Crippen LogP contribution in [0.3, 0.4) is 0 Å². The summed E-state index contributed by atoms with van der Waals surface area (Å²) in [6.07, 6.45) is 9.56. The first-order valence-electron chi connectivity index (χ1n) is 6.49. The van der Waals surface area contributed by atoms with Gasteiger partial charge in [0, 0.05) is 18.4 Å². The van der Waals surface area contributed by atoms with Crippen molar-refractivity contribution in [1.82, 2.24) is 0 Å². The summed E-state index contributed by atoms with van der Waals surface area (Å²) in [5.41, 5.74) is 0. The normalized spacial score (nSPS) is 29.7. The number of ketones is 1. The van der Waals surface area contributed by atoms with Crippen LogP contribution in [0, 0.1) is 11.8 Å². The second-order valence-electron chi connectivity index (χ2n) is 5.00. The fraction of sp³-hybridized carbons (Fsp3) is 0.923. The molecule has 1 aliphatic carbocycles. The van der Waals surface area contributed by atoms with Crippen LogP contribution in [0.15, 0.2) is 0 Å². The third kappa shape index (κ3) is 3.04. The predicted octanol–water partition coefficient (Wildman–Crippen LogP) is 2.95. The fourth-order valence-electron chi connectivity index (χ4n) is 2.86. The molecule has 2 nitrogen and oxygen atoms in total. The van der Waals surface area contributed by atoms with Gasteiger partial charge in [-0.05, 0) is 25.7 Å². The molecule has 0 N–H and O–H groups in total. The van der Waals surface area contributed by atoms with Gasteiger partial charge < -0.3 is 4.74 Å². The monoisotopic (exact) mass is 210 g/mol. The maximum atomic E-state index is 12.2. The Morgan fingerprint density at radius 3 is 2.13 bits per heavy atom. The summed E-state index contributed by atoms with van der Waals surface area (Å²) < 4.78 is 5.40. The highest BCUT2D eigenvalue weighted by Gasteiger charge is 2.28. The molecule has 1 heterocycles. The number of ether oxygens (including phenoxy) is 1. The van der Waals surface area contributed by atoms with E-state index in [4.69, 9.17) is 4.74 Å². The summed E-state index contributed by atoms with van der Waals surface area (Å²) in [6.45, 7) is 1.55. The molecule has 2 aliphatic rings. The summed E-state index contributed by atoms with van der Waals surface area (Å²) in [5, 5.41) is 0. The molecule has 0 radical (unpaired) electrons. The number of hydrogen-bond donors (Lipinski definition) is 0. The third-order valence-corrected chi connectivity index (χ3v) is 3.82. The zero-order valence-electron chi connectivity index (χ0n) is 9.54. The highest BCUT2D eigenvalue weighted by atomic mass is 16.5. The Labute approximate surface area is 92.4 Å². The van der Waals surface area contributed by atoms with Gasteiger partial charge in [0.25, 0.3) is 0 Å². The molecule has 0 aromatic rings. The lowest BCUT2D eigenvalue weighted by molar-refractivity contribution is -0.131. The van der Waals surface area contributed by atoms with Crippen molar-refractivity contribution in [3.05, 3.63) is 0 Å². The van der Waals surface area contributed by atoms with Gasteiger partial charge in [-0.25, -0.2) is 0 Å². The van der Waals surface area contributed by atoms with Crippen LogP contribution in [0.1, 0.15) is 51.4 Å². The SMILES string of the molecule is O=C(C1CCCCCC1)C1CCCOC1. The van der Waals surface area contributed by atoms with Gasteiger partial charge in [0.15, 0.2) is 0 Å². The standard InChI is InChI=1S/C13H22O2/c14-13(12-8-5-9-15-10-12)11-6-3-1-2-4-7-11/h11-12H,1-10H2. The Bertz CT molecular complexity index is 199. The first kappa shape index (κ1) is 11.1. The lowest BCUT2D eigenvalue weighted by Gasteiger charge is -2.24. The van der Waals surface area contributed by atoms with E-state index < -0.39 is 0 Å². The average Bonchev–Trinajstić information content (AvgIpc) is 2.58. The second kappa shape index (κ2) is 5.64. The Balaban J connectivity index is 1.87. The molecule has 15 heavy (non-hydrogen) atoms. The Morgan fingerprint density at radius 2 is 1.53 bits per heavy atom. The van der Waals surface area contributed by atoms with E-state index in [1.807, 2.05) is 0 Å². The topological polar surface area (TPSA) is 26.3 Å². The van der Waals surface area contributed by atoms with Crippen molar-refractivity contribution in [1.29, 1.82) is 0 Å². The van der Waals surface area contributed by atoms with E-state index in [2.05, 4.69) is 0 Å². The van der Waals surface area contributed by atoms with Crippen LogP contribution >= 0.6 is 0 Å². The molecule has 1 saturated carbocycles. The largest absolute Gasteiger partial charge is 0.381 e. The van der Waals surface area contributed by atoms with Gasteiger partial charge in [-0.3, -0.25) is 4.79 Å². The van der Waals surface area contributed by atoms with Gasteiger partial charge in [0.1, 0.15) is 5.78 Å². The van der Waals surface area contributed by atoms with Gasteiger partial charge in [-0.1, -0.05) is 25.7 Å². The maximum Gasteiger partial charge on any atom is 0.141 e. The van der Waals surface area contributed by atoms with Crippen LogP contribution < -0.4 is 0 Å². The van der Waals surface area contributed by atoms with Gasteiger partial charge in [0.2, 0.25) is 0 Å². The number of carbonyl (C=O) groups is 1. The molecule has 2 rings (SSSR count). The zero-order chi connectivity index (χ0) is 10.5. The van der Waals surface area contributed by atoms with Crippen molar-refractivity contribution in [2.24, 2.45) is 11.8 Å². The van der Waals surface area contributed by atoms with E-state index in [0.29, 0.717) is 18.3 Å². The number of rotatable bonds is 2. The van der Waals surface area contributed by atoms with Crippen molar-refractivity contribution in [3.8, 4) is 0 Å². The van der Waals surface area contributed by atoms with E-state index >= 15 is 0 Å². The minimum Gasteiger partial charge on any atom is -0.381 e. The van der Waals surface area contributed by atoms with E-state index in [9.17, 15) is 4.79 Å². The van der Waals surface area contributed by atoms with Crippen LogP contribution in [0.5, 0.6) is 0 Å². The molecule has 0 aromatic carbocycles. The van der Waals surface area contributed by atoms with Crippen molar-refractivity contribution in [2.45, 2.75) is 51.4 Å². The fourth-order valence-corrected chi connectivity index (χ4v) is 2.86. The molecule has 0 amide bonds. The van der Waals surface area contributed by atoms with Crippen molar-refractivity contribution in [2.75, 3.05) is 13.2 Å². The van der Waals surface area contributed by atoms with E-state index in [1.165, 1.54) is 25.7 Å². The summed E-state index contributed by atoms with van der Waals surface area (Å²) in [4.78, 5) is 12.2. The van der Waals surface area contributed by atoms with Crippen LogP contribution in [0.25, 0.3) is 0 Å². The van der Waals surface area contributed by atoms with Gasteiger partial charge >= 0.3 is 0 Å². The first-order chi connectivity index (χ1) is 7.38. The smallest absolute Gasteiger partial charge is 0.141 e. The molecular weight excluding hydrogens is 188 g/mol. The van der Waals surface area contributed by atoms with E-state index in [1.54, 1.807) is 0 Å². The number of hydrogen-bond acceptors (Lipinski definition) is 2. The van der Waals surface area contributed by atoms with Gasteiger partial charge in [-0.15, -0.1) is 0 Å². The van der Waals surface area contributed by atoms with E-state index in [0.717, 1.165) is 32.3 Å². The maximum absolute atomic E-state index is 12.2. The molecule has 86 valence electrons. The molecule has 1 atom stereocenters. The van der Waals surface area contributed by atoms with Crippen LogP contribution in [0.4, 0.5) is 0 Å². The molecule has 2 heteroatoms. The average molecular weight is 210 g/mol. The van der Waals surface area contributed by atoms with Crippen molar-refractivity contribution >= 4 is 5.78 Å². The van der Waals surface area contributed by atoms with Crippen LogP contribution in [0.2, 0.25) is 0 Å². The molecule has 0 bridgehead atoms. The van der Waals surface area contributed by atoms with Crippen LogP contribution in [-0.4, -0.2) is 19.0 Å². The molecular formula is C13H22O2. The predicted molar refractivity (Wildman–Crippen MR) is 59.7 cm³/mol. The quantitative estimate of drug-likeness (QED) is 0.655. The second-order valence-corrected chi connectivity index (χ2v) is 5.00. The van der Waals surface area contributed by atoms with Gasteiger partial charge in [-0.2, -0.15) is 0 Å². The highest BCUT2D eigenvalue weighted by molar-refractivity contribution is 5.83. The molecule has 1 unspecified atom stereocenters. The third-order valence-electron chi connectivity index (χ3n) is 3.82. The molecule has 1 saturated heterocycles.